The van der Waals surface area contributed by atoms with Crippen LogP contribution in [0.15, 0.2) is 14.5 Å². The summed E-state index contributed by atoms with van der Waals surface area (Å²) >= 11 is 3.15. The lowest BCUT2D eigenvalue weighted by atomic mass is 10.5. The highest BCUT2D eigenvalue weighted by molar-refractivity contribution is 8.01. The van der Waals surface area contributed by atoms with E-state index in [2.05, 4.69) is 15.5 Å². The first-order chi connectivity index (χ1) is 9.95. The van der Waals surface area contributed by atoms with Gasteiger partial charge in [-0.25, -0.2) is 0 Å². The molecule has 0 atom stereocenters. The Hall–Kier alpha value is -1.72. The SMILES string of the molecule is Cc1csc(=O)n1CC(=O)Nc1nnc(SCC(=O)O)s1. The molecule has 0 bridgehead atoms. The summed E-state index contributed by atoms with van der Waals surface area (Å²) in [5.41, 5.74) is 0.718. The first-order valence-electron chi connectivity index (χ1n) is 5.58. The Balaban J connectivity index is 1.94. The summed E-state index contributed by atoms with van der Waals surface area (Å²) in [4.78, 5) is 33.6. The van der Waals surface area contributed by atoms with Crippen LogP contribution in [0, 0.1) is 6.92 Å². The Bertz CT molecular complexity index is 720. The molecule has 2 N–H and O–H groups in total. The fourth-order valence-corrected chi connectivity index (χ4v) is 3.56. The van der Waals surface area contributed by atoms with Crippen molar-refractivity contribution < 1.29 is 14.7 Å². The molecule has 0 aliphatic carbocycles. The van der Waals surface area contributed by atoms with Gasteiger partial charge < -0.3 is 5.11 Å². The number of thioether (sulfide) groups is 1. The normalized spacial score (nSPS) is 10.5. The summed E-state index contributed by atoms with van der Waals surface area (Å²) in [7, 11) is 0. The molecule has 8 nitrogen and oxygen atoms in total. The number of carbonyl (C=O) groups is 2. The third-order valence-corrected chi connectivity index (χ3v) is 5.09. The molecule has 0 fully saturated rings. The van der Waals surface area contributed by atoms with E-state index < -0.39 is 5.97 Å². The number of aliphatic carboxylic acids is 1. The van der Waals surface area contributed by atoms with Crippen LogP contribution < -0.4 is 10.2 Å². The van der Waals surface area contributed by atoms with Gasteiger partial charge in [0.25, 0.3) is 0 Å². The maximum Gasteiger partial charge on any atom is 0.313 e. The largest absolute Gasteiger partial charge is 0.481 e. The molecule has 21 heavy (non-hydrogen) atoms. The average molecular weight is 346 g/mol. The van der Waals surface area contributed by atoms with E-state index in [0.717, 1.165) is 40.1 Å². The molecule has 0 aliphatic heterocycles. The molecular formula is C10H10N4O4S3. The van der Waals surface area contributed by atoms with Crippen molar-refractivity contribution in [2.45, 2.75) is 17.8 Å². The van der Waals surface area contributed by atoms with Gasteiger partial charge in [0.15, 0.2) is 4.34 Å². The number of aromatic nitrogens is 3. The van der Waals surface area contributed by atoms with Gasteiger partial charge in [-0.15, -0.1) is 10.2 Å². The molecule has 2 aromatic rings. The van der Waals surface area contributed by atoms with E-state index in [1.165, 1.54) is 4.57 Å². The molecule has 0 saturated carbocycles. The minimum absolute atomic E-state index is 0.0919. The van der Waals surface area contributed by atoms with Crippen LogP contribution in [0.2, 0.25) is 0 Å². The van der Waals surface area contributed by atoms with Gasteiger partial charge in [-0.1, -0.05) is 34.4 Å². The molecule has 2 aromatic heterocycles. The third kappa shape index (κ3) is 4.37. The van der Waals surface area contributed by atoms with Crippen molar-refractivity contribution in [1.82, 2.24) is 14.8 Å². The van der Waals surface area contributed by atoms with Gasteiger partial charge in [0.2, 0.25) is 11.0 Å². The molecule has 0 aliphatic rings. The summed E-state index contributed by atoms with van der Waals surface area (Å²) in [5.74, 6) is -1.45. The van der Waals surface area contributed by atoms with E-state index in [1.54, 1.807) is 12.3 Å². The van der Waals surface area contributed by atoms with E-state index in [9.17, 15) is 14.4 Å². The molecule has 1 amide bonds. The predicted molar refractivity (Wildman–Crippen MR) is 80.2 cm³/mol. The first-order valence-corrected chi connectivity index (χ1v) is 8.27. The Morgan fingerprint density at radius 3 is 2.86 bits per heavy atom. The highest BCUT2D eigenvalue weighted by atomic mass is 32.2. The van der Waals surface area contributed by atoms with E-state index in [-0.39, 0.29) is 28.2 Å². The van der Waals surface area contributed by atoms with Gasteiger partial charge in [-0.2, -0.15) is 0 Å². The highest BCUT2D eigenvalue weighted by Gasteiger charge is 2.12. The molecule has 0 spiro atoms. The number of anilines is 1. The lowest BCUT2D eigenvalue weighted by Gasteiger charge is -2.03. The van der Waals surface area contributed by atoms with Crippen molar-refractivity contribution in [2.75, 3.05) is 11.1 Å². The fourth-order valence-electron chi connectivity index (χ4n) is 1.34. The molecule has 0 aromatic carbocycles. The maximum atomic E-state index is 11.8. The molecule has 0 unspecified atom stereocenters. The summed E-state index contributed by atoms with van der Waals surface area (Å²) in [5, 5.41) is 20.6. The first kappa shape index (κ1) is 15.7. The third-order valence-electron chi connectivity index (χ3n) is 2.25. The minimum atomic E-state index is -0.951. The number of nitrogens with one attached hydrogen (secondary N) is 1. The average Bonchev–Trinajstić information content (AvgIpc) is 2.98. The zero-order valence-corrected chi connectivity index (χ0v) is 13.2. The van der Waals surface area contributed by atoms with Crippen LogP contribution in [-0.4, -0.2) is 37.5 Å². The molecule has 0 saturated heterocycles. The molecule has 2 rings (SSSR count). The minimum Gasteiger partial charge on any atom is -0.481 e. The van der Waals surface area contributed by atoms with Crippen LogP contribution in [0.3, 0.4) is 0 Å². The monoisotopic (exact) mass is 346 g/mol. The zero-order valence-electron chi connectivity index (χ0n) is 10.7. The van der Waals surface area contributed by atoms with Crippen LogP contribution in [0.4, 0.5) is 5.13 Å². The van der Waals surface area contributed by atoms with Crippen LogP contribution >= 0.6 is 34.4 Å². The smallest absolute Gasteiger partial charge is 0.313 e. The molecule has 11 heteroatoms. The Labute approximate surface area is 130 Å². The Morgan fingerprint density at radius 1 is 1.48 bits per heavy atom. The number of carboxylic acid groups (broad SMARTS) is 1. The second-order valence-electron chi connectivity index (χ2n) is 3.83. The van der Waals surface area contributed by atoms with Crippen LogP contribution in [0.5, 0.6) is 0 Å². The van der Waals surface area contributed by atoms with Gasteiger partial charge >= 0.3 is 10.8 Å². The standard InChI is InChI=1S/C10H10N4O4S3/c1-5-3-20-10(18)14(5)2-6(15)11-8-12-13-9(21-8)19-4-7(16)17/h3H,2,4H2,1H3,(H,16,17)(H,11,12,15). The maximum absolute atomic E-state index is 11.8. The second-order valence-corrected chi connectivity index (χ2v) is 6.85. The number of rotatable bonds is 6. The number of carbonyl (C=O) groups excluding carboxylic acids is 1. The van der Waals surface area contributed by atoms with Gasteiger partial charge in [-0.05, 0) is 6.92 Å². The molecule has 0 radical (unpaired) electrons. The van der Waals surface area contributed by atoms with E-state index in [4.69, 9.17) is 5.11 Å². The second kappa shape index (κ2) is 6.83. The number of carboxylic acids is 1. The Kier molecular flexibility index (Phi) is 5.09. The molecule has 2 heterocycles. The van der Waals surface area contributed by atoms with E-state index in [1.807, 2.05) is 0 Å². The number of hydrogen-bond acceptors (Lipinski definition) is 8. The Morgan fingerprint density at radius 2 is 2.24 bits per heavy atom. The quantitative estimate of drug-likeness (QED) is 0.589. The number of aryl methyl sites for hydroxylation is 1. The summed E-state index contributed by atoms with van der Waals surface area (Å²) in [6.45, 7) is 1.65. The van der Waals surface area contributed by atoms with Gasteiger partial charge in [0, 0.05) is 11.1 Å². The zero-order chi connectivity index (χ0) is 15.4. The highest BCUT2D eigenvalue weighted by Crippen LogP contribution is 2.25. The van der Waals surface area contributed by atoms with Crippen molar-refractivity contribution in [3.05, 3.63) is 20.7 Å². The lowest BCUT2D eigenvalue weighted by molar-refractivity contribution is -0.133. The van der Waals surface area contributed by atoms with Gasteiger partial charge in [0.05, 0.1) is 5.75 Å². The van der Waals surface area contributed by atoms with E-state index in [0.29, 0.717) is 4.34 Å². The number of hydrogen-bond donors (Lipinski definition) is 2. The summed E-state index contributed by atoms with van der Waals surface area (Å²) < 4.78 is 1.82. The molecule has 112 valence electrons. The van der Waals surface area contributed by atoms with Crippen molar-refractivity contribution >= 4 is 51.4 Å². The van der Waals surface area contributed by atoms with E-state index >= 15 is 0 Å². The number of thiazole rings is 1. The number of nitrogens with zero attached hydrogens (tertiary/aromatic N) is 3. The van der Waals surface area contributed by atoms with Crippen molar-refractivity contribution in [3.63, 3.8) is 0 Å². The lowest BCUT2D eigenvalue weighted by Crippen LogP contribution is -2.25. The topological polar surface area (TPSA) is 114 Å². The van der Waals surface area contributed by atoms with Crippen molar-refractivity contribution in [1.29, 1.82) is 0 Å². The van der Waals surface area contributed by atoms with Gasteiger partial charge in [0.1, 0.15) is 6.54 Å². The van der Waals surface area contributed by atoms with Crippen LogP contribution in [0.1, 0.15) is 5.69 Å². The van der Waals surface area contributed by atoms with Crippen molar-refractivity contribution in [2.24, 2.45) is 0 Å². The van der Waals surface area contributed by atoms with Crippen LogP contribution in [0.25, 0.3) is 0 Å². The van der Waals surface area contributed by atoms with Crippen molar-refractivity contribution in [3.8, 4) is 0 Å². The fraction of sp³-hybridized carbons (Fsp3) is 0.300. The predicted octanol–water partition coefficient (Wildman–Crippen LogP) is 0.885. The number of amides is 1. The van der Waals surface area contributed by atoms with Gasteiger partial charge in [-0.3, -0.25) is 24.3 Å². The molecular weight excluding hydrogens is 336 g/mol. The summed E-state index contributed by atoms with van der Waals surface area (Å²) in [6.07, 6.45) is 0. The van der Waals surface area contributed by atoms with Crippen LogP contribution in [-0.2, 0) is 16.1 Å². The summed E-state index contributed by atoms with van der Waals surface area (Å²) in [6, 6.07) is 0.